The SMILES string of the molecule is CC[C@H](C)[C@H](NC(=O)[C@H](CCC(N)=O)NC(=O)[C@H](CO)NC(=O)[C@H](CC(C)C)NC(=O)CNC(=O)CNC(=O)[C@H](CO)NC(=O)CNC(=O)[C@@H](N)CCC(N)=O)C(=O)N[C@@H](CO)C(=O)N[C@@H](CCC(=O)O)C(=O)N[C@@H](CC(=O)O)C(=O)NCC(=O)N[C@H](C(=O)N1CCC[C@H]1C(=O)N[C@@H](CC(=O)O)C(=O)N[C@@H](CC(C)C)C(=O)N[C@H](C(=O)N[C@@H](CC(=O)O)C(=O)N[C@@H](CO)C(=O)O)[C@@H](C)O)[C@@H](C)CC. The molecule has 1 aliphatic heterocycles. The molecule has 0 aromatic rings. The number of rotatable bonds is 66. The summed E-state index contributed by atoms with van der Waals surface area (Å²) in [4.78, 5) is 341. The van der Waals surface area contributed by atoms with Gasteiger partial charge in [-0.3, -0.25) is 120 Å². The second kappa shape index (κ2) is 61.9. The Morgan fingerprint density at radius 3 is 1.12 bits per heavy atom. The predicted octanol–water partition coefficient (Wildman–Crippen LogP) is -15.0. The van der Waals surface area contributed by atoms with Crippen LogP contribution in [0.3, 0.4) is 0 Å². The molecule has 0 saturated carbocycles. The van der Waals surface area contributed by atoms with Crippen molar-refractivity contribution in [1.29, 1.82) is 0 Å². The zero-order chi connectivity index (χ0) is 105. The highest BCUT2D eigenvalue weighted by molar-refractivity contribution is 6.03. The fourth-order valence-corrected chi connectivity index (χ4v) is 12.9. The molecule has 0 radical (unpaired) electrons. The van der Waals surface area contributed by atoms with E-state index in [9.17, 15) is 176 Å². The van der Waals surface area contributed by atoms with Gasteiger partial charge in [0.2, 0.25) is 124 Å². The Balaban J connectivity index is 3.40. The van der Waals surface area contributed by atoms with Crippen LogP contribution in [-0.4, -0.2) is 372 Å². The van der Waals surface area contributed by atoms with E-state index in [0.717, 1.165) is 11.8 Å². The van der Waals surface area contributed by atoms with E-state index >= 15 is 0 Å². The quantitative estimate of drug-likeness (QED) is 0.0269. The first kappa shape index (κ1) is 122. The molecule has 138 heavy (non-hydrogen) atoms. The van der Waals surface area contributed by atoms with Crippen LogP contribution in [0, 0.1) is 23.7 Å². The highest BCUT2D eigenvalue weighted by Gasteiger charge is 2.44. The van der Waals surface area contributed by atoms with Crippen LogP contribution in [0.25, 0.3) is 0 Å². The zero-order valence-electron chi connectivity index (χ0n) is 77.4. The summed E-state index contributed by atoms with van der Waals surface area (Å²) in [5.41, 5.74) is 16.1. The van der Waals surface area contributed by atoms with Gasteiger partial charge in [-0.25, -0.2) is 4.79 Å². The molecule has 1 heterocycles. The minimum Gasteiger partial charge on any atom is -0.481 e. The number of amides is 21. The predicted molar refractivity (Wildman–Crippen MR) is 468 cm³/mol. The smallest absolute Gasteiger partial charge is 0.328 e. The summed E-state index contributed by atoms with van der Waals surface area (Å²) in [5, 5.41) is 138. The molecule has 1 saturated heterocycles. The van der Waals surface area contributed by atoms with Crippen molar-refractivity contribution in [3.05, 3.63) is 0 Å². The van der Waals surface area contributed by atoms with Crippen LogP contribution in [0.2, 0.25) is 0 Å². The molecule has 34 N–H and O–H groups in total. The van der Waals surface area contributed by atoms with Crippen molar-refractivity contribution in [2.75, 3.05) is 59.2 Å². The number of carboxylic acid groups (broad SMARTS) is 5. The van der Waals surface area contributed by atoms with E-state index in [1.165, 1.54) is 20.8 Å². The number of hydrogen-bond acceptors (Lipinski definition) is 32. The van der Waals surface area contributed by atoms with E-state index in [4.69, 9.17) is 17.2 Å². The molecule has 0 aromatic carbocycles. The number of aliphatic hydroxyl groups excluding tert-OH is 5. The summed E-state index contributed by atoms with van der Waals surface area (Å²) in [6, 6.07) is -29.1. The Morgan fingerprint density at radius 2 is 0.659 bits per heavy atom. The first-order valence-electron chi connectivity index (χ1n) is 43.7. The van der Waals surface area contributed by atoms with Crippen molar-refractivity contribution in [1.82, 2.24) is 101 Å². The summed E-state index contributed by atoms with van der Waals surface area (Å²) in [5.74, 6) is -35.6. The molecule has 1 aliphatic rings. The molecular weight excluding hydrogens is 1840 g/mol. The molecule has 776 valence electrons. The number of aliphatic hydroxyl groups is 5. The largest absolute Gasteiger partial charge is 0.481 e. The summed E-state index contributed by atoms with van der Waals surface area (Å²) >= 11 is 0. The Labute approximate surface area is 788 Å². The first-order chi connectivity index (χ1) is 64.5. The second-order valence-corrected chi connectivity index (χ2v) is 33.1. The van der Waals surface area contributed by atoms with Crippen molar-refractivity contribution in [2.45, 2.75) is 261 Å². The van der Waals surface area contributed by atoms with Gasteiger partial charge in [0.15, 0.2) is 0 Å². The molecule has 19 atom stereocenters. The molecule has 0 aromatic heterocycles. The number of primary amides is 2. The van der Waals surface area contributed by atoms with Crippen molar-refractivity contribution < 1.29 is 176 Å². The summed E-state index contributed by atoms with van der Waals surface area (Å²) in [7, 11) is 0. The van der Waals surface area contributed by atoms with Crippen molar-refractivity contribution in [3.8, 4) is 0 Å². The summed E-state index contributed by atoms with van der Waals surface area (Å²) in [6.45, 7) is 5.01. The Hall–Kier alpha value is -14.0. The third-order valence-electron chi connectivity index (χ3n) is 20.8. The number of hydrogen-bond donors (Lipinski definition) is 31. The van der Waals surface area contributed by atoms with Gasteiger partial charge in [-0.15, -0.1) is 0 Å². The lowest BCUT2D eigenvalue weighted by Crippen LogP contribution is -2.62. The fourth-order valence-electron chi connectivity index (χ4n) is 12.9. The van der Waals surface area contributed by atoms with Gasteiger partial charge in [0.1, 0.15) is 90.6 Å². The van der Waals surface area contributed by atoms with Gasteiger partial charge in [0.25, 0.3) is 0 Å². The highest BCUT2D eigenvalue weighted by atomic mass is 16.4. The number of carbonyl (C=O) groups excluding carboxylic acids is 21. The number of nitrogens with one attached hydrogen (secondary N) is 18. The number of likely N-dealkylation sites (tertiary alicyclic amines) is 1. The summed E-state index contributed by atoms with van der Waals surface area (Å²) < 4.78 is 0. The zero-order valence-corrected chi connectivity index (χ0v) is 77.4. The van der Waals surface area contributed by atoms with Crippen molar-refractivity contribution in [3.63, 3.8) is 0 Å². The van der Waals surface area contributed by atoms with E-state index in [0.29, 0.717) is 0 Å². The minimum atomic E-state index is -2.18. The molecule has 21 amide bonds. The minimum absolute atomic E-state index is 0.0413. The van der Waals surface area contributed by atoms with Gasteiger partial charge in [-0.1, -0.05) is 68.2 Å². The van der Waals surface area contributed by atoms with Gasteiger partial charge >= 0.3 is 29.8 Å². The average Bonchev–Trinajstić information content (AvgIpc) is 1.66. The van der Waals surface area contributed by atoms with Crippen LogP contribution in [-0.2, 0) is 125 Å². The molecular formula is C80H130N22O36. The number of nitrogens with two attached hydrogens (primary N) is 3. The van der Waals surface area contributed by atoms with E-state index in [2.05, 4.69) is 79.8 Å². The number of carboxylic acids is 5. The average molecular weight is 1980 g/mol. The Bertz CT molecular complexity index is 4330. The van der Waals surface area contributed by atoms with Gasteiger partial charge in [0.05, 0.1) is 84.0 Å². The van der Waals surface area contributed by atoms with Crippen LogP contribution in [0.1, 0.15) is 159 Å². The number of carbonyl (C=O) groups is 26. The van der Waals surface area contributed by atoms with Gasteiger partial charge in [0, 0.05) is 25.8 Å². The van der Waals surface area contributed by atoms with Gasteiger partial charge < -0.3 is 169 Å². The maximum atomic E-state index is 14.5. The molecule has 0 spiro atoms. The standard InChI is InChI=1S/C80H130N22O36/c1-10-36(7)62(100-69(126)40(15-18-53(83)109)90-74(131)48(31-104)96-70(127)42(21-34(3)4)88-55(111)27-84-54(110)26-86-67(124)47(30-103)89-56(112)28-85-65(122)39(81)14-17-52(82)108)77(134)97-49(32-105)75(132)91-41(16-19-58(114)115)68(125)93-44(23-59(116)117)66(123)87-29-57(113)99-63(37(8)11-2)79(136)102-20-12-13-51(102)76(133)94-45(24-60(118)119)71(128)92-43(22-35(5)6)73(130)101-64(38(9)107)78(135)95-46(25-61(120)121)72(129)98-50(33-106)80(137)138/h34-51,62-64,103-107H,10-33,81H2,1-9H3,(H2,82,108)(H2,83,109)(H,84,110)(H,85,122)(H,86,124)(H,87,123)(H,88,111)(H,89,112)(H,90,131)(H,91,132)(H,92,128)(H,93,125)(H,94,133)(H,95,135)(H,96,127)(H,97,134)(H,98,129)(H,99,113)(H,100,126)(H,101,130)(H,114,115)(H,116,117)(H,118,119)(H,120,121)(H,137,138)/t36-,37-,38+,39-,40-,41-,42-,43-,44-,45-,46-,47-,48-,49-,50-,51-,62-,63-,64-/m0/s1. The molecule has 58 heteroatoms. The Kier molecular flexibility index (Phi) is 54.7. The van der Waals surface area contributed by atoms with Gasteiger partial charge in [-0.05, 0) is 75.5 Å². The van der Waals surface area contributed by atoms with E-state index < -0.39 is 372 Å². The van der Waals surface area contributed by atoms with Crippen LogP contribution >= 0.6 is 0 Å². The van der Waals surface area contributed by atoms with Crippen LogP contribution in [0.5, 0.6) is 0 Å². The lowest BCUT2D eigenvalue weighted by molar-refractivity contribution is -0.145. The fraction of sp³-hybridized carbons (Fsp3) is 0.675. The number of nitrogens with zero attached hydrogens (tertiary/aromatic N) is 1. The summed E-state index contributed by atoms with van der Waals surface area (Å²) in [6.07, 6.45) is -9.19. The van der Waals surface area contributed by atoms with Gasteiger partial charge in [-0.2, -0.15) is 0 Å². The Morgan fingerprint density at radius 1 is 0.333 bits per heavy atom. The lowest BCUT2D eigenvalue weighted by Gasteiger charge is -2.32. The van der Waals surface area contributed by atoms with Crippen LogP contribution in [0.4, 0.5) is 0 Å². The molecule has 0 aliphatic carbocycles. The van der Waals surface area contributed by atoms with Crippen LogP contribution < -0.4 is 113 Å². The lowest BCUT2D eigenvalue weighted by atomic mass is 9.97. The molecule has 1 fully saturated rings. The molecule has 1 rings (SSSR count). The highest BCUT2D eigenvalue weighted by Crippen LogP contribution is 2.23. The van der Waals surface area contributed by atoms with E-state index in [-0.39, 0.29) is 63.8 Å². The molecule has 0 bridgehead atoms. The third kappa shape index (κ3) is 45.1. The second-order valence-electron chi connectivity index (χ2n) is 33.1. The maximum absolute atomic E-state index is 14.5. The van der Waals surface area contributed by atoms with Crippen molar-refractivity contribution >= 4 is 154 Å². The number of aliphatic carboxylic acids is 5. The maximum Gasteiger partial charge on any atom is 0.328 e. The van der Waals surface area contributed by atoms with E-state index in [1.54, 1.807) is 34.6 Å². The first-order valence-corrected chi connectivity index (χ1v) is 43.7. The molecule has 0 unspecified atom stereocenters. The normalized spacial score (nSPS) is 16.1. The third-order valence-corrected chi connectivity index (χ3v) is 20.8. The van der Waals surface area contributed by atoms with Crippen LogP contribution in [0.15, 0.2) is 0 Å². The van der Waals surface area contributed by atoms with Crippen molar-refractivity contribution in [2.24, 2.45) is 40.9 Å². The monoisotopic (exact) mass is 1970 g/mol. The molecule has 58 nitrogen and oxygen atoms in total. The topological polar surface area (TPSA) is 944 Å². The van der Waals surface area contributed by atoms with E-state index in [1.807, 2.05) is 16.0 Å².